The highest BCUT2D eigenvalue weighted by molar-refractivity contribution is 6.31. The summed E-state index contributed by atoms with van der Waals surface area (Å²) in [7, 11) is 1.50. The summed E-state index contributed by atoms with van der Waals surface area (Å²) in [6.45, 7) is 0. The van der Waals surface area contributed by atoms with Gasteiger partial charge in [-0.25, -0.2) is 14.4 Å². The molecule has 2 aromatic heterocycles. The molecule has 0 aliphatic carbocycles. The van der Waals surface area contributed by atoms with E-state index in [0.29, 0.717) is 33.8 Å². The van der Waals surface area contributed by atoms with Crippen LogP contribution < -0.4 is 11.1 Å². The van der Waals surface area contributed by atoms with Gasteiger partial charge in [0.05, 0.1) is 10.5 Å². The average molecular weight is 410 g/mol. The number of nitrogens with two attached hydrogens (primary N) is 1. The van der Waals surface area contributed by atoms with Crippen molar-refractivity contribution in [3.05, 3.63) is 77.3 Å². The molecule has 2 aromatic carbocycles. The van der Waals surface area contributed by atoms with Crippen LogP contribution in [0.4, 0.5) is 15.9 Å². The topological polar surface area (TPSA) is 93.8 Å². The van der Waals surface area contributed by atoms with Gasteiger partial charge in [0, 0.05) is 34.6 Å². The Morgan fingerprint density at radius 2 is 1.93 bits per heavy atom. The molecule has 0 aliphatic rings. The first-order valence-corrected chi connectivity index (χ1v) is 8.99. The maximum absolute atomic E-state index is 13.4. The summed E-state index contributed by atoms with van der Waals surface area (Å²) in [5, 5.41) is 3.88. The number of nitrogens with one attached hydrogen (secondary N) is 1. The average Bonchev–Trinajstić information content (AvgIpc) is 2.77. The lowest BCUT2D eigenvalue weighted by Gasteiger charge is -2.12. The fraction of sp³-hybridized carbons (Fsp3) is 0.0476. The second-order valence-corrected chi connectivity index (χ2v) is 6.19. The number of halogens is 2. The van der Waals surface area contributed by atoms with Crippen molar-refractivity contribution in [3.8, 4) is 11.4 Å². The van der Waals surface area contributed by atoms with Crippen molar-refractivity contribution in [2.75, 3.05) is 12.4 Å². The normalized spacial score (nSPS) is 10.2. The van der Waals surface area contributed by atoms with Gasteiger partial charge in [0.2, 0.25) is 0 Å². The number of benzene rings is 2. The van der Waals surface area contributed by atoms with Gasteiger partial charge in [0.15, 0.2) is 5.82 Å². The zero-order valence-electron chi connectivity index (χ0n) is 15.4. The third-order valence-electron chi connectivity index (χ3n) is 3.96. The number of fused-ring (bicyclic) bond motifs is 1. The Morgan fingerprint density at radius 1 is 1.10 bits per heavy atom. The fourth-order valence-electron chi connectivity index (χ4n) is 2.65. The summed E-state index contributed by atoms with van der Waals surface area (Å²) >= 11 is 5.87. The lowest BCUT2D eigenvalue weighted by molar-refractivity contribution is 0.112. The van der Waals surface area contributed by atoms with Crippen LogP contribution in [-0.2, 0) is 0 Å². The number of pyridine rings is 1. The summed E-state index contributed by atoms with van der Waals surface area (Å²) in [6.07, 6.45) is 4.08. The summed E-state index contributed by atoms with van der Waals surface area (Å²) in [5.74, 6) is 0.467. The molecule has 0 amide bonds. The van der Waals surface area contributed by atoms with E-state index in [-0.39, 0.29) is 5.02 Å². The number of aldehydes is 1. The van der Waals surface area contributed by atoms with Gasteiger partial charge in [-0.15, -0.1) is 0 Å². The lowest BCUT2D eigenvalue weighted by Crippen LogP contribution is -2.00. The van der Waals surface area contributed by atoms with Gasteiger partial charge in [-0.05, 0) is 49.5 Å². The minimum atomic E-state index is -0.499. The molecule has 0 spiro atoms. The Balaban J connectivity index is 0.00000117. The number of aromatic nitrogens is 3. The third-order valence-corrected chi connectivity index (χ3v) is 4.25. The molecule has 0 atom stereocenters. The van der Waals surface area contributed by atoms with Crippen molar-refractivity contribution >= 4 is 40.3 Å². The summed E-state index contributed by atoms with van der Waals surface area (Å²) in [6, 6.07) is 13.1. The van der Waals surface area contributed by atoms with Crippen LogP contribution in [0.15, 0.2) is 60.9 Å². The first kappa shape index (κ1) is 20.3. The Morgan fingerprint density at radius 3 is 2.62 bits per heavy atom. The molecule has 6 nitrogen and oxygen atoms in total. The van der Waals surface area contributed by atoms with Crippen molar-refractivity contribution < 1.29 is 9.18 Å². The van der Waals surface area contributed by atoms with E-state index in [1.165, 1.54) is 19.2 Å². The standard InChI is InChI=1S/C20H12ClFN4O.CH5N/c21-16-9-14(4-6-17(16)22)24-20-15-5-3-12(11-27)8-18(15)25-19(26-20)13-2-1-7-23-10-13;1-2/h1-11H,(H,24,25,26);2H2,1H3. The largest absolute Gasteiger partial charge is 0.340 e. The molecular formula is C21H17ClFN5O. The van der Waals surface area contributed by atoms with Gasteiger partial charge in [-0.1, -0.05) is 17.7 Å². The molecule has 0 bridgehead atoms. The van der Waals surface area contributed by atoms with Gasteiger partial charge in [0.25, 0.3) is 0 Å². The highest BCUT2D eigenvalue weighted by Crippen LogP contribution is 2.29. The van der Waals surface area contributed by atoms with E-state index in [0.717, 1.165) is 11.8 Å². The van der Waals surface area contributed by atoms with Crippen LogP contribution >= 0.6 is 11.6 Å². The molecule has 3 N–H and O–H groups in total. The Bertz CT molecular complexity index is 1150. The van der Waals surface area contributed by atoms with E-state index in [1.54, 1.807) is 42.7 Å². The predicted octanol–water partition coefficient (Wildman–Crippen LogP) is 4.62. The van der Waals surface area contributed by atoms with Crippen molar-refractivity contribution in [2.24, 2.45) is 5.73 Å². The van der Waals surface area contributed by atoms with Crippen molar-refractivity contribution in [3.63, 3.8) is 0 Å². The van der Waals surface area contributed by atoms with Crippen LogP contribution in [0.3, 0.4) is 0 Å². The van der Waals surface area contributed by atoms with Crippen LogP contribution in [0.2, 0.25) is 5.02 Å². The van der Waals surface area contributed by atoms with E-state index in [1.807, 2.05) is 6.07 Å². The molecule has 29 heavy (non-hydrogen) atoms. The van der Waals surface area contributed by atoms with Crippen molar-refractivity contribution in [1.82, 2.24) is 15.0 Å². The van der Waals surface area contributed by atoms with Gasteiger partial charge in [0.1, 0.15) is 17.9 Å². The van der Waals surface area contributed by atoms with Crippen LogP contribution in [-0.4, -0.2) is 28.3 Å². The highest BCUT2D eigenvalue weighted by Gasteiger charge is 2.11. The monoisotopic (exact) mass is 409 g/mol. The molecule has 0 saturated heterocycles. The van der Waals surface area contributed by atoms with Gasteiger partial charge >= 0.3 is 0 Å². The molecular weight excluding hydrogens is 393 g/mol. The van der Waals surface area contributed by atoms with Crippen molar-refractivity contribution in [1.29, 1.82) is 0 Å². The molecule has 4 aromatic rings. The van der Waals surface area contributed by atoms with Crippen LogP contribution in [0.5, 0.6) is 0 Å². The van der Waals surface area contributed by atoms with Gasteiger partial charge < -0.3 is 11.1 Å². The SMILES string of the molecule is CN.O=Cc1ccc2c(Nc3ccc(F)c(Cl)c3)nc(-c3cccnc3)nc2c1. The smallest absolute Gasteiger partial charge is 0.163 e. The summed E-state index contributed by atoms with van der Waals surface area (Å²) in [5.41, 5.74) is 6.92. The maximum atomic E-state index is 13.4. The van der Waals surface area contributed by atoms with Crippen LogP contribution in [0.25, 0.3) is 22.3 Å². The summed E-state index contributed by atoms with van der Waals surface area (Å²) in [4.78, 5) is 24.4. The second kappa shape index (κ2) is 9.18. The zero-order chi connectivity index (χ0) is 20.8. The molecule has 4 rings (SSSR count). The highest BCUT2D eigenvalue weighted by atomic mass is 35.5. The molecule has 0 unspecified atom stereocenters. The molecule has 0 aliphatic heterocycles. The van der Waals surface area contributed by atoms with Gasteiger partial charge in [-0.2, -0.15) is 0 Å². The third kappa shape index (κ3) is 4.53. The first-order chi connectivity index (χ1) is 14.1. The number of carbonyl (C=O) groups excluding carboxylic acids is 1. The molecule has 0 fully saturated rings. The Labute approximate surface area is 171 Å². The molecule has 0 radical (unpaired) electrons. The van der Waals surface area contributed by atoms with E-state index in [9.17, 15) is 9.18 Å². The predicted molar refractivity (Wildman–Crippen MR) is 113 cm³/mol. The number of carbonyl (C=O) groups is 1. The van der Waals surface area contributed by atoms with E-state index >= 15 is 0 Å². The van der Waals surface area contributed by atoms with E-state index in [2.05, 4.69) is 26.0 Å². The van der Waals surface area contributed by atoms with Crippen LogP contribution in [0, 0.1) is 5.82 Å². The first-order valence-electron chi connectivity index (χ1n) is 8.61. The molecule has 8 heteroatoms. The zero-order valence-corrected chi connectivity index (χ0v) is 16.2. The van der Waals surface area contributed by atoms with Gasteiger partial charge in [-0.3, -0.25) is 9.78 Å². The van der Waals surface area contributed by atoms with Crippen LogP contribution in [0.1, 0.15) is 10.4 Å². The summed E-state index contributed by atoms with van der Waals surface area (Å²) < 4.78 is 13.4. The molecule has 2 heterocycles. The Kier molecular flexibility index (Phi) is 6.43. The lowest BCUT2D eigenvalue weighted by atomic mass is 10.1. The number of nitrogens with zero attached hydrogens (tertiary/aromatic N) is 3. The number of anilines is 2. The van der Waals surface area contributed by atoms with E-state index < -0.39 is 5.82 Å². The van der Waals surface area contributed by atoms with Crippen molar-refractivity contribution in [2.45, 2.75) is 0 Å². The van der Waals surface area contributed by atoms with E-state index in [4.69, 9.17) is 11.6 Å². The molecule has 146 valence electrons. The Hall–Kier alpha value is -3.42. The minimum absolute atomic E-state index is 0.00841. The number of hydrogen-bond donors (Lipinski definition) is 2. The quantitative estimate of drug-likeness (QED) is 0.478. The number of rotatable bonds is 4. The maximum Gasteiger partial charge on any atom is 0.163 e. The fourth-order valence-corrected chi connectivity index (χ4v) is 2.83. The number of hydrogen-bond acceptors (Lipinski definition) is 6. The minimum Gasteiger partial charge on any atom is -0.340 e. The second-order valence-electron chi connectivity index (χ2n) is 5.79. The molecule has 0 saturated carbocycles.